The molecule has 0 N–H and O–H groups in total. The zero-order valence-corrected chi connectivity index (χ0v) is 33.6. The van der Waals surface area contributed by atoms with E-state index in [0.717, 1.165) is 75.7 Å². The van der Waals surface area contributed by atoms with Crippen LogP contribution < -0.4 is 0 Å². The Bertz CT molecular complexity index is 1720. The highest BCUT2D eigenvalue weighted by atomic mass is 19.3. The maximum absolute atomic E-state index is 16.6. The Balaban J connectivity index is 1.16. The lowest BCUT2D eigenvalue weighted by atomic mass is 9.40. The molecular formula is C48H63F2NO5. The summed E-state index contributed by atoms with van der Waals surface area (Å²) in [6.45, 7) is 8.60. The number of hydrogen-bond donors (Lipinski definition) is 0. The molecule has 0 radical (unpaired) electrons. The van der Waals surface area contributed by atoms with E-state index in [-0.39, 0.29) is 48.3 Å². The molecule has 4 saturated heterocycles. The normalized spacial score (nSPS) is 44.8. The van der Waals surface area contributed by atoms with Crippen molar-refractivity contribution in [1.82, 2.24) is 4.90 Å². The van der Waals surface area contributed by atoms with Gasteiger partial charge in [-0.15, -0.1) is 0 Å². The van der Waals surface area contributed by atoms with Gasteiger partial charge in [-0.3, -0.25) is 4.79 Å². The second-order valence-corrected chi connectivity index (χ2v) is 19.5. The van der Waals surface area contributed by atoms with Gasteiger partial charge in [0.15, 0.2) is 6.29 Å². The van der Waals surface area contributed by atoms with E-state index in [0.29, 0.717) is 43.8 Å². The highest BCUT2D eigenvalue weighted by Crippen LogP contribution is 2.86. The lowest BCUT2D eigenvalue weighted by molar-refractivity contribution is -0.257. The number of rotatable bonds is 9. The van der Waals surface area contributed by atoms with Crippen molar-refractivity contribution in [1.29, 1.82) is 0 Å². The summed E-state index contributed by atoms with van der Waals surface area (Å²) in [6.07, 6.45) is 17.0. The van der Waals surface area contributed by atoms with Crippen LogP contribution in [0.1, 0.15) is 109 Å². The number of piperidine rings is 1. The molecule has 1 aromatic rings. The molecule has 304 valence electrons. The molecule has 0 amide bonds. The summed E-state index contributed by atoms with van der Waals surface area (Å²) in [5.41, 5.74) is 1.18. The van der Waals surface area contributed by atoms with E-state index < -0.39 is 35.1 Å². The second-order valence-electron chi connectivity index (χ2n) is 19.5. The number of hydrogen-bond acceptors (Lipinski definition) is 6. The van der Waals surface area contributed by atoms with Crippen LogP contribution in [-0.2, 0) is 23.7 Å². The average Bonchev–Trinajstić information content (AvgIpc) is 4.05. The number of cyclic esters (lactones) is 1. The van der Waals surface area contributed by atoms with Crippen molar-refractivity contribution in [3.05, 3.63) is 71.3 Å². The van der Waals surface area contributed by atoms with E-state index in [1.807, 2.05) is 18.2 Å². The number of carbonyl (C=O) groups is 1. The second kappa shape index (κ2) is 14.7. The van der Waals surface area contributed by atoms with Gasteiger partial charge in [-0.1, -0.05) is 86.9 Å². The molecule has 6 bridgehead atoms. The molecule has 8 heteroatoms. The summed E-state index contributed by atoms with van der Waals surface area (Å²) in [5.74, 6) is 1.67. The van der Waals surface area contributed by atoms with Crippen LogP contribution in [0.2, 0.25) is 0 Å². The number of benzene rings is 1. The fourth-order valence-electron chi connectivity index (χ4n) is 15.2. The summed E-state index contributed by atoms with van der Waals surface area (Å²) in [6, 6.07) is 10.3. The molecular weight excluding hydrogens is 709 g/mol. The minimum absolute atomic E-state index is 0.0153. The predicted molar refractivity (Wildman–Crippen MR) is 210 cm³/mol. The third kappa shape index (κ3) is 5.53. The maximum Gasteiger partial charge on any atom is 0.318 e. The number of halogens is 2. The molecule has 4 heterocycles. The number of esters is 1. The summed E-state index contributed by atoms with van der Waals surface area (Å²) in [4.78, 5) is 19.1. The van der Waals surface area contributed by atoms with Gasteiger partial charge in [-0.2, -0.15) is 0 Å². The van der Waals surface area contributed by atoms with E-state index in [2.05, 4.69) is 55.2 Å². The molecule has 10 unspecified atom stereocenters. The smallest absolute Gasteiger partial charge is 0.318 e. The Hall–Kier alpha value is -2.39. The van der Waals surface area contributed by atoms with E-state index in [4.69, 9.17) is 18.9 Å². The minimum Gasteiger partial charge on any atom is -0.452 e. The zero-order chi connectivity index (χ0) is 38.2. The third-order valence-corrected chi connectivity index (χ3v) is 17.1. The first-order chi connectivity index (χ1) is 27.3. The lowest BCUT2D eigenvalue weighted by Crippen LogP contribution is -2.68. The lowest BCUT2D eigenvalue weighted by Gasteiger charge is -2.63. The van der Waals surface area contributed by atoms with Gasteiger partial charge in [0.05, 0.1) is 25.4 Å². The van der Waals surface area contributed by atoms with Crippen molar-refractivity contribution < 1.29 is 32.5 Å². The Kier molecular flexibility index (Phi) is 9.94. The third-order valence-electron chi connectivity index (χ3n) is 17.1. The number of nitrogens with zero attached hydrogens (tertiary/aromatic N) is 1. The van der Waals surface area contributed by atoms with Gasteiger partial charge in [0, 0.05) is 23.8 Å². The van der Waals surface area contributed by atoms with Crippen molar-refractivity contribution in [3.63, 3.8) is 0 Å². The van der Waals surface area contributed by atoms with Crippen LogP contribution in [0.3, 0.4) is 0 Å². The zero-order valence-electron chi connectivity index (χ0n) is 33.6. The predicted octanol–water partition coefficient (Wildman–Crippen LogP) is 9.87. The molecule has 5 aliphatic carbocycles. The number of alkyl halides is 2. The number of carbonyl (C=O) groups excluding carboxylic acids is 1. The van der Waals surface area contributed by atoms with Crippen LogP contribution in [0, 0.1) is 57.7 Å². The molecule has 13 atom stereocenters. The molecule has 1 aromatic carbocycles. The number of ether oxygens (including phenoxy) is 4. The highest BCUT2D eigenvalue weighted by molar-refractivity contribution is 5.87. The van der Waals surface area contributed by atoms with Crippen LogP contribution in [0.4, 0.5) is 8.78 Å². The summed E-state index contributed by atoms with van der Waals surface area (Å²) >= 11 is 0. The molecule has 6 nitrogen and oxygen atoms in total. The molecule has 7 fully saturated rings. The van der Waals surface area contributed by atoms with Crippen LogP contribution in [0.25, 0.3) is 0 Å². The van der Waals surface area contributed by atoms with Crippen molar-refractivity contribution in [2.24, 2.45) is 57.7 Å². The SMILES string of the molecule is CC[C@@H]1CC[C@@H]2[C@@H]1CC1(C3CC(CCC(F)F)C(CN4CCCCC4)O3)C3C=C4C(C)CC5C=CC=C(C5)C(c5ccccc5)OC(=O)C41C2(C1OCCO1)C3. The Morgan fingerprint density at radius 1 is 0.964 bits per heavy atom. The summed E-state index contributed by atoms with van der Waals surface area (Å²) in [5, 5.41) is 0. The summed E-state index contributed by atoms with van der Waals surface area (Å²) < 4.78 is 56.5. The monoisotopic (exact) mass is 771 g/mol. The molecule has 10 rings (SSSR count). The topological polar surface area (TPSA) is 57.2 Å². The maximum atomic E-state index is 16.6. The quantitative estimate of drug-likeness (QED) is 0.184. The van der Waals surface area contributed by atoms with Crippen LogP contribution in [-0.4, -0.2) is 68.6 Å². The van der Waals surface area contributed by atoms with E-state index in [1.54, 1.807) is 0 Å². The largest absolute Gasteiger partial charge is 0.452 e. The van der Waals surface area contributed by atoms with Crippen LogP contribution >= 0.6 is 0 Å². The summed E-state index contributed by atoms with van der Waals surface area (Å²) in [7, 11) is 0. The number of allylic oxidation sites excluding steroid dienone is 4. The number of likely N-dealkylation sites (tertiary alicyclic amines) is 1. The number of fused-ring (bicyclic) bond motifs is 4. The average molecular weight is 772 g/mol. The Morgan fingerprint density at radius 2 is 1.77 bits per heavy atom. The van der Waals surface area contributed by atoms with E-state index in [1.165, 1.54) is 24.8 Å². The van der Waals surface area contributed by atoms with Gasteiger partial charge in [0.2, 0.25) is 6.43 Å². The van der Waals surface area contributed by atoms with Crippen molar-refractivity contribution >= 4 is 5.97 Å². The highest BCUT2D eigenvalue weighted by Gasteiger charge is 2.88. The van der Waals surface area contributed by atoms with E-state index >= 15 is 4.79 Å². The van der Waals surface area contributed by atoms with Crippen LogP contribution in [0.15, 0.2) is 65.8 Å². The van der Waals surface area contributed by atoms with Crippen LogP contribution in [0.5, 0.6) is 0 Å². The Morgan fingerprint density at radius 3 is 2.54 bits per heavy atom. The van der Waals surface area contributed by atoms with Crippen molar-refractivity contribution in [2.75, 3.05) is 32.8 Å². The minimum atomic E-state index is -2.34. The fourth-order valence-corrected chi connectivity index (χ4v) is 15.2. The fraction of sp³-hybridized carbons (Fsp3) is 0.729. The van der Waals surface area contributed by atoms with Gasteiger partial charge in [-0.25, -0.2) is 8.78 Å². The van der Waals surface area contributed by atoms with Gasteiger partial charge in [-0.05, 0) is 130 Å². The molecule has 3 saturated carbocycles. The van der Waals surface area contributed by atoms with Crippen molar-refractivity contribution in [3.8, 4) is 0 Å². The van der Waals surface area contributed by atoms with E-state index in [9.17, 15) is 8.78 Å². The van der Waals surface area contributed by atoms with Gasteiger partial charge < -0.3 is 23.8 Å². The standard InChI is InChI=1S/C48H63F2NO5/c1-3-32-15-17-38-37(32)28-46(41-25-34(16-18-42(49)50)40(55-41)29-51-19-8-5-9-20-51)36-26-39-30(2)23-31-11-10-14-35(24-31)43(33-12-6-4-7-13-33)56-44(52)48(39,46)47(38,27-36)45-53-21-22-54-45/h4,6-7,10-14,26,30-32,34,36-38,40-43,45H,3,5,8-9,15-25,27-29H2,1-2H3/t30?,31?,32-,34?,36?,37-,38-,40?,41?,43?,46?,47?,48?/m1/s1. The Labute approximate surface area is 332 Å². The first-order valence-electron chi connectivity index (χ1n) is 22.5. The van der Waals surface area contributed by atoms with Crippen molar-refractivity contribution in [2.45, 2.75) is 128 Å². The molecule has 0 aromatic heterocycles. The van der Waals surface area contributed by atoms with Gasteiger partial charge in [0.1, 0.15) is 11.5 Å². The van der Waals surface area contributed by atoms with Gasteiger partial charge in [0.25, 0.3) is 0 Å². The molecule has 9 aliphatic rings. The first-order valence-corrected chi connectivity index (χ1v) is 22.5. The first kappa shape index (κ1) is 37.9. The molecule has 4 aliphatic heterocycles. The molecule has 56 heavy (non-hydrogen) atoms. The van der Waals surface area contributed by atoms with Gasteiger partial charge >= 0.3 is 5.97 Å². The molecule has 1 spiro atoms.